The van der Waals surface area contributed by atoms with E-state index in [0.717, 1.165) is 0 Å². The molecule has 30 heavy (non-hydrogen) atoms. The minimum atomic E-state index is -2.65. The lowest BCUT2D eigenvalue weighted by Crippen LogP contribution is -2.19. The van der Waals surface area contributed by atoms with Crippen LogP contribution in [0.25, 0.3) is 0 Å². The van der Waals surface area contributed by atoms with E-state index in [1.807, 2.05) is 0 Å². The summed E-state index contributed by atoms with van der Waals surface area (Å²) in [6.07, 6.45) is -0.649. The van der Waals surface area contributed by atoms with Gasteiger partial charge >= 0.3 is 0 Å². The molecule has 0 aliphatic heterocycles. The molecule has 0 fully saturated rings. The molecule has 0 aromatic heterocycles. The molecule has 0 N–H and O–H groups in total. The standard InChI is InChI=1S/C20H7F9O/c21-11-8(6-7-4-2-1-3-5-7)12(22)14(24)9(13(11)23)20(30)10-15(25)17(27)19(29)18(28)16(10)26/h1-5H,6H2. The monoisotopic (exact) mass is 434 g/mol. The summed E-state index contributed by atoms with van der Waals surface area (Å²) in [5.74, 6) is -24.4. The van der Waals surface area contributed by atoms with Gasteiger partial charge in [0.1, 0.15) is 11.1 Å². The molecule has 0 bridgehead atoms. The molecule has 0 radical (unpaired) electrons. The van der Waals surface area contributed by atoms with E-state index >= 15 is 0 Å². The average Bonchev–Trinajstić information content (AvgIpc) is 2.73. The fourth-order valence-corrected chi connectivity index (χ4v) is 2.76. The van der Waals surface area contributed by atoms with Crippen LogP contribution in [0.5, 0.6) is 0 Å². The molecule has 156 valence electrons. The second-order valence-electron chi connectivity index (χ2n) is 6.05. The molecule has 0 saturated heterocycles. The minimum absolute atomic E-state index is 0.230. The molecule has 0 spiro atoms. The Hall–Kier alpha value is -3.30. The predicted molar refractivity (Wildman–Crippen MR) is 85.2 cm³/mol. The predicted octanol–water partition coefficient (Wildman–Crippen LogP) is 5.76. The lowest BCUT2D eigenvalue weighted by atomic mass is 9.96. The smallest absolute Gasteiger partial charge is 0.205 e. The molecule has 0 heterocycles. The quantitative estimate of drug-likeness (QED) is 0.221. The van der Waals surface area contributed by atoms with Gasteiger partial charge in [-0.15, -0.1) is 0 Å². The zero-order valence-corrected chi connectivity index (χ0v) is 14.4. The van der Waals surface area contributed by atoms with E-state index < -0.39 is 81.2 Å². The summed E-state index contributed by atoms with van der Waals surface area (Å²) in [6, 6.07) is 7.26. The van der Waals surface area contributed by atoms with E-state index in [2.05, 4.69) is 0 Å². The van der Waals surface area contributed by atoms with E-state index in [1.165, 1.54) is 24.3 Å². The summed E-state index contributed by atoms with van der Waals surface area (Å²) in [7, 11) is 0. The van der Waals surface area contributed by atoms with Crippen LogP contribution in [-0.4, -0.2) is 5.78 Å². The zero-order valence-electron chi connectivity index (χ0n) is 14.4. The number of benzene rings is 3. The first kappa shape index (κ1) is 21.4. The number of ketones is 1. The lowest BCUT2D eigenvalue weighted by Gasteiger charge is -2.13. The van der Waals surface area contributed by atoms with Crippen molar-refractivity contribution >= 4 is 5.78 Å². The van der Waals surface area contributed by atoms with Crippen LogP contribution in [0.1, 0.15) is 27.0 Å². The number of carbonyl (C=O) groups excluding carboxylic acids is 1. The summed E-state index contributed by atoms with van der Waals surface area (Å²) < 4.78 is 125. The molecule has 3 rings (SSSR count). The maximum atomic E-state index is 14.4. The molecule has 3 aromatic rings. The third-order valence-corrected chi connectivity index (χ3v) is 4.24. The Morgan fingerprint density at radius 3 is 1.33 bits per heavy atom. The Kier molecular flexibility index (Phi) is 5.60. The van der Waals surface area contributed by atoms with Gasteiger partial charge in [-0.1, -0.05) is 30.3 Å². The van der Waals surface area contributed by atoms with Crippen molar-refractivity contribution < 1.29 is 44.3 Å². The third kappa shape index (κ3) is 3.31. The molecule has 0 aliphatic carbocycles. The molecule has 0 atom stereocenters. The summed E-state index contributed by atoms with van der Waals surface area (Å²) in [5.41, 5.74) is -5.29. The number of rotatable bonds is 4. The molecule has 0 amide bonds. The number of hydrogen-bond donors (Lipinski definition) is 0. The van der Waals surface area contributed by atoms with Crippen LogP contribution < -0.4 is 0 Å². The van der Waals surface area contributed by atoms with Crippen LogP contribution in [-0.2, 0) is 6.42 Å². The zero-order chi connectivity index (χ0) is 22.3. The highest BCUT2D eigenvalue weighted by Crippen LogP contribution is 2.31. The van der Waals surface area contributed by atoms with Crippen molar-refractivity contribution in [2.24, 2.45) is 0 Å². The fraction of sp³-hybridized carbons (Fsp3) is 0.0500. The highest BCUT2D eigenvalue weighted by atomic mass is 19.2. The van der Waals surface area contributed by atoms with E-state index in [4.69, 9.17) is 0 Å². The van der Waals surface area contributed by atoms with Gasteiger partial charge < -0.3 is 0 Å². The van der Waals surface area contributed by atoms with Gasteiger partial charge in [0, 0.05) is 12.0 Å². The van der Waals surface area contributed by atoms with E-state index in [9.17, 15) is 44.3 Å². The van der Waals surface area contributed by atoms with Crippen molar-refractivity contribution in [3.63, 3.8) is 0 Å². The molecular formula is C20H7F9O. The largest absolute Gasteiger partial charge is 0.288 e. The van der Waals surface area contributed by atoms with Crippen LogP contribution >= 0.6 is 0 Å². The first-order valence-corrected chi connectivity index (χ1v) is 8.02. The lowest BCUT2D eigenvalue weighted by molar-refractivity contribution is 0.101. The number of hydrogen-bond acceptors (Lipinski definition) is 1. The Bertz CT molecular complexity index is 1120. The highest BCUT2D eigenvalue weighted by molar-refractivity contribution is 6.09. The SMILES string of the molecule is O=C(c1c(F)c(F)c(F)c(F)c1F)c1c(F)c(F)c(Cc2ccccc2)c(F)c1F. The molecule has 0 aliphatic rings. The Labute approximate surface area is 162 Å². The van der Waals surface area contributed by atoms with Gasteiger partial charge in [-0.3, -0.25) is 4.79 Å². The van der Waals surface area contributed by atoms with Crippen molar-refractivity contribution in [1.82, 2.24) is 0 Å². The van der Waals surface area contributed by atoms with Gasteiger partial charge in [-0.05, 0) is 5.56 Å². The van der Waals surface area contributed by atoms with Gasteiger partial charge in [0.25, 0.3) is 0 Å². The van der Waals surface area contributed by atoms with Crippen LogP contribution in [0.3, 0.4) is 0 Å². The van der Waals surface area contributed by atoms with E-state index in [1.54, 1.807) is 6.07 Å². The molecule has 10 heteroatoms. The number of carbonyl (C=O) groups is 1. The Morgan fingerprint density at radius 1 is 0.533 bits per heavy atom. The molecule has 0 saturated carbocycles. The average molecular weight is 434 g/mol. The Balaban J connectivity index is 2.21. The van der Waals surface area contributed by atoms with Gasteiger partial charge in [-0.2, -0.15) is 0 Å². The van der Waals surface area contributed by atoms with Crippen LogP contribution in [0.2, 0.25) is 0 Å². The van der Waals surface area contributed by atoms with Crippen LogP contribution in [0.4, 0.5) is 39.5 Å². The third-order valence-electron chi connectivity index (χ3n) is 4.24. The Morgan fingerprint density at radius 2 is 0.900 bits per heavy atom. The van der Waals surface area contributed by atoms with Gasteiger partial charge in [0.05, 0.1) is 0 Å². The summed E-state index contributed by atoms with van der Waals surface area (Å²) in [6.45, 7) is 0. The highest BCUT2D eigenvalue weighted by Gasteiger charge is 2.36. The maximum Gasteiger partial charge on any atom is 0.205 e. The van der Waals surface area contributed by atoms with Gasteiger partial charge in [-0.25, -0.2) is 39.5 Å². The van der Waals surface area contributed by atoms with Crippen LogP contribution in [0, 0.1) is 52.4 Å². The van der Waals surface area contributed by atoms with Gasteiger partial charge in [0.2, 0.25) is 11.6 Å². The molecule has 3 aromatic carbocycles. The first-order chi connectivity index (χ1) is 14.1. The maximum absolute atomic E-state index is 14.4. The topological polar surface area (TPSA) is 17.1 Å². The molecule has 0 unspecified atom stereocenters. The second kappa shape index (κ2) is 7.85. The van der Waals surface area contributed by atoms with Crippen molar-refractivity contribution in [3.8, 4) is 0 Å². The van der Waals surface area contributed by atoms with Crippen molar-refractivity contribution in [3.05, 3.63) is 105 Å². The molecule has 1 nitrogen and oxygen atoms in total. The number of halogens is 9. The first-order valence-electron chi connectivity index (χ1n) is 8.02. The van der Waals surface area contributed by atoms with Crippen molar-refractivity contribution in [2.45, 2.75) is 6.42 Å². The van der Waals surface area contributed by atoms with E-state index in [0.29, 0.717) is 0 Å². The van der Waals surface area contributed by atoms with E-state index in [-0.39, 0.29) is 5.56 Å². The minimum Gasteiger partial charge on any atom is -0.288 e. The van der Waals surface area contributed by atoms with Crippen molar-refractivity contribution in [1.29, 1.82) is 0 Å². The summed E-state index contributed by atoms with van der Waals surface area (Å²) in [5, 5.41) is 0. The van der Waals surface area contributed by atoms with Crippen LogP contribution in [0.15, 0.2) is 30.3 Å². The summed E-state index contributed by atoms with van der Waals surface area (Å²) in [4.78, 5) is 12.2. The summed E-state index contributed by atoms with van der Waals surface area (Å²) >= 11 is 0. The normalized spacial score (nSPS) is 11.1. The second-order valence-corrected chi connectivity index (χ2v) is 6.05. The molecular weight excluding hydrogens is 427 g/mol. The fourth-order valence-electron chi connectivity index (χ4n) is 2.76. The van der Waals surface area contributed by atoms with Gasteiger partial charge in [0.15, 0.2) is 46.5 Å². The van der Waals surface area contributed by atoms with Crippen molar-refractivity contribution in [2.75, 3.05) is 0 Å².